The maximum atomic E-state index is 12.6. The predicted octanol–water partition coefficient (Wildman–Crippen LogP) is 3.67. The highest BCUT2D eigenvalue weighted by Crippen LogP contribution is 2.30. The van der Waals surface area contributed by atoms with Crippen LogP contribution >= 0.6 is 11.8 Å². The highest BCUT2D eigenvalue weighted by Gasteiger charge is 2.26. The minimum atomic E-state index is -0.520. The van der Waals surface area contributed by atoms with E-state index in [2.05, 4.69) is 37.9 Å². The molecule has 1 fully saturated rings. The number of anilines is 1. The minimum Gasteiger partial charge on any atom is -0.341 e. The third kappa shape index (κ3) is 6.22. The zero-order valence-corrected chi connectivity index (χ0v) is 19.8. The molecule has 1 aliphatic rings. The summed E-state index contributed by atoms with van der Waals surface area (Å²) >= 11 is 1.29. The average molecular weight is 445 g/mol. The second kappa shape index (κ2) is 9.72. The van der Waals surface area contributed by atoms with Gasteiger partial charge in [-0.1, -0.05) is 29.5 Å². The van der Waals surface area contributed by atoms with E-state index in [1.807, 2.05) is 44.4 Å². The Balaban J connectivity index is 1.81. The van der Waals surface area contributed by atoms with Crippen LogP contribution in [-0.4, -0.2) is 50.6 Å². The van der Waals surface area contributed by atoms with Gasteiger partial charge in [0.1, 0.15) is 0 Å². The third-order valence-corrected chi connectivity index (χ3v) is 5.97. The second-order valence-corrected chi connectivity index (χ2v) is 10.3. The van der Waals surface area contributed by atoms with Gasteiger partial charge in [-0.25, -0.2) is 4.79 Å². The Morgan fingerprint density at radius 3 is 2.32 bits per heavy atom. The van der Waals surface area contributed by atoms with Gasteiger partial charge < -0.3 is 10.2 Å². The molecule has 1 aliphatic heterocycles. The fourth-order valence-corrected chi connectivity index (χ4v) is 4.22. The van der Waals surface area contributed by atoms with E-state index in [0.29, 0.717) is 5.16 Å². The highest BCUT2D eigenvalue weighted by atomic mass is 32.2. The van der Waals surface area contributed by atoms with Gasteiger partial charge in [0.25, 0.3) is 0 Å². The number of aryl methyl sites for hydroxylation is 1. The number of amides is 3. The minimum absolute atomic E-state index is 0.371. The van der Waals surface area contributed by atoms with Crippen LogP contribution in [0.25, 0.3) is 5.69 Å². The lowest BCUT2D eigenvalue weighted by Gasteiger charge is -2.28. The van der Waals surface area contributed by atoms with Crippen molar-refractivity contribution in [1.29, 1.82) is 0 Å². The number of imide groups is 1. The Morgan fingerprint density at radius 2 is 1.71 bits per heavy atom. The van der Waals surface area contributed by atoms with Gasteiger partial charge in [-0.3, -0.25) is 14.7 Å². The summed E-state index contributed by atoms with van der Waals surface area (Å²) in [4.78, 5) is 26.9. The Labute approximate surface area is 188 Å². The summed E-state index contributed by atoms with van der Waals surface area (Å²) in [6, 6.07) is 7.68. The van der Waals surface area contributed by atoms with E-state index in [-0.39, 0.29) is 5.91 Å². The first kappa shape index (κ1) is 23.1. The molecule has 0 radical (unpaired) electrons. The molecule has 0 unspecified atom stereocenters. The van der Waals surface area contributed by atoms with Gasteiger partial charge >= 0.3 is 6.03 Å². The standard InChI is InChI=1S/C22H32N6O2S/c1-15-9-11-17(12-10-15)28-20(27-13-7-6-8-14-27)25-26-21(28)31-16(2)18(29)23-19(30)24-22(3,4)5/h9-12,16H,6-8,13-14H2,1-5H3,(H2,23,24,29,30)/t16-/m0/s1. The van der Waals surface area contributed by atoms with Crippen molar-refractivity contribution in [3.63, 3.8) is 0 Å². The monoisotopic (exact) mass is 444 g/mol. The predicted molar refractivity (Wildman–Crippen MR) is 124 cm³/mol. The Kier molecular flexibility index (Phi) is 7.25. The van der Waals surface area contributed by atoms with E-state index in [4.69, 9.17) is 0 Å². The fourth-order valence-electron chi connectivity index (χ4n) is 3.35. The Bertz CT molecular complexity index is 913. The Hall–Kier alpha value is -2.55. The molecule has 2 aromatic rings. The van der Waals surface area contributed by atoms with Crippen LogP contribution in [0.2, 0.25) is 0 Å². The molecule has 1 aromatic heterocycles. The molecule has 168 valence electrons. The van der Waals surface area contributed by atoms with E-state index < -0.39 is 16.8 Å². The molecule has 0 aliphatic carbocycles. The first-order valence-corrected chi connectivity index (χ1v) is 11.6. The van der Waals surface area contributed by atoms with Gasteiger partial charge in [0.2, 0.25) is 11.9 Å². The molecule has 2 N–H and O–H groups in total. The molecular weight excluding hydrogens is 412 g/mol. The number of benzene rings is 1. The quantitative estimate of drug-likeness (QED) is 0.684. The number of rotatable bonds is 5. The van der Waals surface area contributed by atoms with Gasteiger partial charge in [-0.05, 0) is 66.0 Å². The largest absolute Gasteiger partial charge is 0.341 e. The van der Waals surface area contributed by atoms with E-state index >= 15 is 0 Å². The lowest BCUT2D eigenvalue weighted by atomic mass is 10.1. The maximum absolute atomic E-state index is 12.6. The molecule has 0 spiro atoms. The Morgan fingerprint density at radius 1 is 1.06 bits per heavy atom. The van der Waals surface area contributed by atoms with E-state index in [0.717, 1.165) is 37.6 Å². The number of nitrogens with one attached hydrogen (secondary N) is 2. The number of piperidine rings is 1. The summed E-state index contributed by atoms with van der Waals surface area (Å²) in [7, 11) is 0. The summed E-state index contributed by atoms with van der Waals surface area (Å²) in [5, 5.41) is 14.1. The first-order valence-electron chi connectivity index (χ1n) is 10.7. The summed E-state index contributed by atoms with van der Waals surface area (Å²) < 4.78 is 2.01. The molecule has 1 aromatic carbocycles. The average Bonchev–Trinajstić information content (AvgIpc) is 3.11. The molecule has 1 atom stereocenters. The van der Waals surface area contributed by atoms with E-state index in [1.54, 1.807) is 6.92 Å². The van der Waals surface area contributed by atoms with Gasteiger partial charge in [0.15, 0.2) is 5.16 Å². The molecule has 0 bridgehead atoms. The van der Waals surface area contributed by atoms with Crippen molar-refractivity contribution in [2.24, 2.45) is 0 Å². The third-order valence-electron chi connectivity index (χ3n) is 4.92. The second-order valence-electron chi connectivity index (χ2n) is 8.95. The molecule has 3 amide bonds. The number of hydrogen-bond acceptors (Lipinski definition) is 6. The number of nitrogens with zero attached hydrogens (tertiary/aromatic N) is 4. The summed E-state index contributed by atoms with van der Waals surface area (Å²) in [6.07, 6.45) is 3.49. The van der Waals surface area contributed by atoms with Crippen LogP contribution in [0.15, 0.2) is 29.4 Å². The molecule has 0 saturated carbocycles. The highest BCUT2D eigenvalue weighted by molar-refractivity contribution is 8.00. The number of aromatic nitrogens is 3. The molecule has 1 saturated heterocycles. The van der Waals surface area contributed by atoms with Crippen molar-refractivity contribution in [3.8, 4) is 5.69 Å². The lowest BCUT2D eigenvalue weighted by Crippen LogP contribution is -2.49. The van der Waals surface area contributed by atoms with Gasteiger partial charge in [-0.15, -0.1) is 10.2 Å². The zero-order valence-electron chi connectivity index (χ0n) is 18.9. The normalized spacial score (nSPS) is 15.5. The van der Waals surface area contributed by atoms with Crippen LogP contribution in [0, 0.1) is 6.92 Å². The molecule has 31 heavy (non-hydrogen) atoms. The van der Waals surface area contributed by atoms with Gasteiger partial charge in [0, 0.05) is 18.6 Å². The topological polar surface area (TPSA) is 92.2 Å². The molecule has 8 nitrogen and oxygen atoms in total. The number of carbonyl (C=O) groups is 2. The first-order chi connectivity index (χ1) is 14.6. The van der Waals surface area contributed by atoms with Crippen molar-refractivity contribution in [2.45, 2.75) is 69.8 Å². The SMILES string of the molecule is Cc1ccc(-n2c(S[C@@H](C)C(=O)NC(=O)NC(C)(C)C)nnc2N2CCCCC2)cc1. The number of carbonyl (C=O) groups excluding carboxylic acids is 2. The van der Waals surface area contributed by atoms with Crippen LogP contribution in [0.1, 0.15) is 52.5 Å². The smallest absolute Gasteiger partial charge is 0.321 e. The van der Waals surface area contributed by atoms with Crippen molar-refractivity contribution in [3.05, 3.63) is 29.8 Å². The molecule has 2 heterocycles. The van der Waals surface area contributed by atoms with E-state index in [1.165, 1.54) is 23.7 Å². The summed E-state index contributed by atoms with van der Waals surface area (Å²) in [5.41, 5.74) is 1.70. The summed E-state index contributed by atoms with van der Waals surface area (Å²) in [6.45, 7) is 11.3. The fraction of sp³-hybridized carbons (Fsp3) is 0.545. The maximum Gasteiger partial charge on any atom is 0.321 e. The van der Waals surface area contributed by atoms with Crippen LogP contribution in [0.4, 0.5) is 10.7 Å². The van der Waals surface area contributed by atoms with Crippen molar-refractivity contribution >= 4 is 29.6 Å². The van der Waals surface area contributed by atoms with Gasteiger partial charge in [-0.2, -0.15) is 0 Å². The van der Waals surface area contributed by atoms with Crippen molar-refractivity contribution in [1.82, 2.24) is 25.4 Å². The molecule has 9 heteroatoms. The number of hydrogen-bond donors (Lipinski definition) is 2. The van der Waals surface area contributed by atoms with Crippen molar-refractivity contribution < 1.29 is 9.59 Å². The number of urea groups is 1. The van der Waals surface area contributed by atoms with Crippen LogP contribution in [0.5, 0.6) is 0 Å². The van der Waals surface area contributed by atoms with Crippen molar-refractivity contribution in [2.75, 3.05) is 18.0 Å². The van der Waals surface area contributed by atoms with Crippen LogP contribution in [0.3, 0.4) is 0 Å². The summed E-state index contributed by atoms with van der Waals surface area (Å²) in [5.74, 6) is 0.425. The van der Waals surface area contributed by atoms with Crippen LogP contribution in [-0.2, 0) is 4.79 Å². The van der Waals surface area contributed by atoms with E-state index in [9.17, 15) is 9.59 Å². The molecular formula is C22H32N6O2S. The zero-order chi connectivity index (χ0) is 22.6. The van der Waals surface area contributed by atoms with Gasteiger partial charge in [0.05, 0.1) is 10.9 Å². The van der Waals surface area contributed by atoms with Crippen LogP contribution < -0.4 is 15.5 Å². The lowest BCUT2D eigenvalue weighted by molar-refractivity contribution is -0.119. The molecule has 3 rings (SSSR count). The number of thioether (sulfide) groups is 1.